The summed E-state index contributed by atoms with van der Waals surface area (Å²) >= 11 is 0. The van der Waals surface area contributed by atoms with Crippen LogP contribution in [0.15, 0.2) is 18.2 Å². The van der Waals surface area contributed by atoms with Crippen LogP contribution in [0, 0.1) is 0 Å². The summed E-state index contributed by atoms with van der Waals surface area (Å²) in [5.41, 5.74) is 2.37. The maximum atomic E-state index is 13.6. The van der Waals surface area contributed by atoms with Crippen LogP contribution in [0.5, 0.6) is 17.2 Å². The number of hydrogen-bond acceptors (Lipinski definition) is 12. The zero-order valence-electron chi connectivity index (χ0n) is 21.2. The second-order valence-electron chi connectivity index (χ2n) is 10.2. The smallest absolute Gasteiger partial charge is 0.202 e. The molecule has 0 unspecified atom stereocenters. The molecule has 6 atom stereocenters. The van der Waals surface area contributed by atoms with Gasteiger partial charge in [-0.1, -0.05) is 12.1 Å². The number of phenolic OH excluding ortho intramolecular Hbond substituents is 2. The van der Waals surface area contributed by atoms with E-state index in [1.54, 1.807) is 6.92 Å². The van der Waals surface area contributed by atoms with E-state index in [0.717, 1.165) is 0 Å². The van der Waals surface area contributed by atoms with E-state index in [4.69, 9.17) is 19.9 Å². The van der Waals surface area contributed by atoms with Crippen LogP contribution in [0.3, 0.4) is 0 Å². The van der Waals surface area contributed by atoms with Crippen molar-refractivity contribution in [1.82, 2.24) is 0 Å². The summed E-state index contributed by atoms with van der Waals surface area (Å²) in [5.74, 6) is -3.77. The van der Waals surface area contributed by atoms with E-state index in [0.29, 0.717) is 0 Å². The Hall–Kier alpha value is -3.39. The number of ketones is 3. The predicted molar refractivity (Wildman–Crippen MR) is 132 cm³/mol. The molecule has 0 saturated carbocycles. The Morgan fingerprint density at radius 3 is 2.49 bits per heavy atom. The Kier molecular flexibility index (Phi) is 6.74. The fraction of sp³-hybridized carbons (Fsp3) is 0.444. The van der Waals surface area contributed by atoms with E-state index < -0.39 is 95.7 Å². The van der Waals surface area contributed by atoms with Crippen LogP contribution in [0.1, 0.15) is 68.8 Å². The summed E-state index contributed by atoms with van der Waals surface area (Å²) in [5, 5.41) is 53.7. The second kappa shape index (κ2) is 9.66. The number of aromatic hydroxyl groups is 2. The average molecular weight is 544 g/mol. The molecule has 208 valence electrons. The van der Waals surface area contributed by atoms with E-state index in [2.05, 4.69) is 0 Å². The zero-order chi connectivity index (χ0) is 28.4. The number of rotatable bonds is 5. The van der Waals surface area contributed by atoms with Crippen LogP contribution in [-0.4, -0.2) is 86.7 Å². The molecule has 2 aliphatic carbocycles. The predicted octanol–water partition coefficient (Wildman–Crippen LogP) is 0.00130. The van der Waals surface area contributed by atoms with Gasteiger partial charge in [0.05, 0.1) is 42.1 Å². The maximum Gasteiger partial charge on any atom is 0.202 e. The quantitative estimate of drug-likeness (QED) is 0.235. The number of carbonyl (C=O) groups excluding carboxylic acids is 3. The highest BCUT2D eigenvalue weighted by Gasteiger charge is 2.50. The van der Waals surface area contributed by atoms with Gasteiger partial charge in [0.25, 0.3) is 0 Å². The monoisotopic (exact) mass is 543 g/mol. The molecule has 7 N–H and O–H groups in total. The molecule has 12 nitrogen and oxygen atoms in total. The zero-order valence-corrected chi connectivity index (χ0v) is 21.2. The van der Waals surface area contributed by atoms with Gasteiger partial charge in [-0.3, -0.25) is 14.4 Å². The van der Waals surface area contributed by atoms with Gasteiger partial charge in [0.1, 0.15) is 29.5 Å². The number of Topliss-reactive ketones (excluding diaryl/α,β-unsaturated/α-hetero) is 1. The van der Waals surface area contributed by atoms with Gasteiger partial charge in [-0.05, 0) is 13.0 Å². The highest BCUT2D eigenvalue weighted by Crippen LogP contribution is 2.52. The second-order valence-corrected chi connectivity index (χ2v) is 10.2. The number of benzene rings is 2. The Morgan fingerprint density at radius 1 is 1.15 bits per heavy atom. The third kappa shape index (κ3) is 4.11. The van der Waals surface area contributed by atoms with Gasteiger partial charge in [0.2, 0.25) is 5.78 Å². The number of phenols is 2. The molecule has 39 heavy (non-hydrogen) atoms. The lowest BCUT2D eigenvalue weighted by Gasteiger charge is -2.42. The molecule has 1 fully saturated rings. The minimum absolute atomic E-state index is 0.0173. The van der Waals surface area contributed by atoms with Gasteiger partial charge in [-0.2, -0.15) is 0 Å². The lowest BCUT2D eigenvalue weighted by molar-refractivity contribution is -0.247. The summed E-state index contributed by atoms with van der Waals surface area (Å²) in [6, 6.07) is 3.64. The minimum atomic E-state index is -2.24. The van der Waals surface area contributed by atoms with Gasteiger partial charge in [-0.15, -0.1) is 0 Å². The summed E-state index contributed by atoms with van der Waals surface area (Å²) in [6.07, 6.45) is -5.12. The number of methoxy groups -OCH3 is 1. The molecule has 5 rings (SSSR count). The molecular formula is C27H29NO11. The van der Waals surface area contributed by atoms with E-state index in [-0.39, 0.29) is 34.4 Å². The van der Waals surface area contributed by atoms with Crippen LogP contribution in [-0.2, 0) is 20.7 Å². The van der Waals surface area contributed by atoms with Crippen molar-refractivity contribution in [3.8, 4) is 17.2 Å². The van der Waals surface area contributed by atoms with E-state index in [9.17, 15) is 39.9 Å². The lowest BCUT2D eigenvalue weighted by Crippen LogP contribution is -2.53. The molecule has 0 radical (unpaired) electrons. The largest absolute Gasteiger partial charge is 0.507 e. The summed E-state index contributed by atoms with van der Waals surface area (Å²) in [6.45, 7) is 0.560. The van der Waals surface area contributed by atoms with E-state index >= 15 is 0 Å². The third-order valence-electron chi connectivity index (χ3n) is 7.81. The molecule has 0 spiro atoms. The Morgan fingerprint density at radius 2 is 1.85 bits per heavy atom. The van der Waals surface area contributed by atoms with Gasteiger partial charge in [-0.25, -0.2) is 0 Å². The summed E-state index contributed by atoms with van der Waals surface area (Å²) in [7, 11) is 1.32. The normalized spacial score (nSPS) is 29.8. The topological polar surface area (TPSA) is 206 Å². The van der Waals surface area contributed by atoms with Gasteiger partial charge < -0.3 is 45.5 Å². The van der Waals surface area contributed by atoms with Crippen molar-refractivity contribution >= 4 is 17.3 Å². The first-order chi connectivity index (χ1) is 18.4. The first-order valence-corrected chi connectivity index (χ1v) is 12.4. The maximum absolute atomic E-state index is 13.6. The number of fused-ring (bicyclic) bond motifs is 3. The van der Waals surface area contributed by atoms with Crippen molar-refractivity contribution in [1.29, 1.82) is 0 Å². The summed E-state index contributed by atoms with van der Waals surface area (Å²) < 4.78 is 17.0. The number of carbonyl (C=O) groups is 3. The molecule has 0 bridgehead atoms. The van der Waals surface area contributed by atoms with Crippen LogP contribution in [0.2, 0.25) is 0 Å². The number of aliphatic hydroxyl groups excluding tert-OH is 2. The minimum Gasteiger partial charge on any atom is -0.507 e. The van der Waals surface area contributed by atoms with Crippen molar-refractivity contribution in [2.45, 2.75) is 62.4 Å². The van der Waals surface area contributed by atoms with Gasteiger partial charge in [0, 0.05) is 42.0 Å². The Balaban J connectivity index is 1.69. The molecule has 0 amide bonds. The molecule has 1 heterocycles. The number of ether oxygens (including phenoxy) is 3. The van der Waals surface area contributed by atoms with E-state index in [1.807, 2.05) is 0 Å². The van der Waals surface area contributed by atoms with Gasteiger partial charge in [0.15, 0.2) is 17.9 Å². The molecule has 1 aliphatic heterocycles. The summed E-state index contributed by atoms with van der Waals surface area (Å²) in [4.78, 5) is 39.7. The number of aliphatic hydroxyl groups is 3. The molecule has 2 aromatic carbocycles. The van der Waals surface area contributed by atoms with Crippen LogP contribution in [0.4, 0.5) is 0 Å². The first-order valence-electron chi connectivity index (χ1n) is 12.4. The average Bonchev–Trinajstić information content (AvgIpc) is 2.90. The Bertz CT molecular complexity index is 1380. The van der Waals surface area contributed by atoms with E-state index in [1.165, 1.54) is 25.3 Å². The molecule has 0 aromatic heterocycles. The molecule has 3 aliphatic rings. The highest BCUT2D eigenvalue weighted by atomic mass is 16.7. The molecular weight excluding hydrogens is 514 g/mol. The third-order valence-corrected chi connectivity index (χ3v) is 7.81. The van der Waals surface area contributed by atoms with Crippen LogP contribution < -0.4 is 10.5 Å². The SMILES string of the molecule is COc1cccc2c1C(=O)c1c(O)c3c(c(O)c1C2=O)C[C@@](O)(C(=O)CO)C[C@@H]3O[C@@H]1C[C@H](N)[C@H](O)[C@@H](C)O1. The van der Waals surface area contributed by atoms with Gasteiger partial charge >= 0.3 is 0 Å². The number of nitrogens with two attached hydrogens (primary N) is 1. The first kappa shape index (κ1) is 27.2. The standard InChI is InChI=1S/C27H29NO11/c1-10-22(31)13(28)6-17(38-10)39-15-8-27(36,16(30)9-29)7-12-19(15)26(35)21-20(24(12)33)23(32)11-4-3-5-14(37-2)18(11)25(21)34/h3-5,10,13,15,17,22,29,31,33,35-36H,6-9,28H2,1-2H3/t10-,13+,15+,17-,22-,27+/m1/s1. The fourth-order valence-electron chi connectivity index (χ4n) is 5.75. The Labute approximate surface area is 222 Å². The van der Waals surface area contributed by atoms with Crippen LogP contribution >= 0.6 is 0 Å². The molecule has 12 heteroatoms. The fourth-order valence-corrected chi connectivity index (χ4v) is 5.75. The van der Waals surface area contributed by atoms with Crippen molar-refractivity contribution < 1.29 is 54.1 Å². The van der Waals surface area contributed by atoms with Crippen molar-refractivity contribution in [3.05, 3.63) is 51.6 Å². The van der Waals surface area contributed by atoms with Crippen molar-refractivity contribution in [2.24, 2.45) is 5.73 Å². The number of hydrogen-bond donors (Lipinski definition) is 6. The molecule has 1 saturated heterocycles. The highest BCUT2D eigenvalue weighted by molar-refractivity contribution is 6.31. The van der Waals surface area contributed by atoms with Crippen molar-refractivity contribution in [2.75, 3.05) is 13.7 Å². The van der Waals surface area contributed by atoms with Crippen molar-refractivity contribution in [3.63, 3.8) is 0 Å². The lowest BCUT2D eigenvalue weighted by atomic mass is 9.72. The van der Waals surface area contributed by atoms with Crippen LogP contribution in [0.25, 0.3) is 0 Å². The molecule has 2 aromatic rings.